The Morgan fingerprint density at radius 1 is 1.14 bits per heavy atom. The van der Waals surface area contributed by atoms with Crippen LogP contribution < -0.4 is 10.1 Å². The van der Waals surface area contributed by atoms with Gasteiger partial charge < -0.3 is 15.2 Å². The van der Waals surface area contributed by atoms with Crippen LogP contribution in [0, 0.1) is 0 Å². The van der Waals surface area contributed by atoms with Gasteiger partial charge in [0.25, 0.3) is 0 Å². The van der Waals surface area contributed by atoms with E-state index in [4.69, 9.17) is 4.74 Å². The van der Waals surface area contributed by atoms with Crippen molar-refractivity contribution in [3.05, 3.63) is 65.7 Å². The van der Waals surface area contributed by atoms with Gasteiger partial charge in [-0.1, -0.05) is 42.5 Å². The van der Waals surface area contributed by atoms with Gasteiger partial charge in [0.2, 0.25) is 5.91 Å². The SMILES string of the molecule is COc1ccc(CNC(=O)C[C@H](O)c2ccccc2)cc1. The van der Waals surface area contributed by atoms with E-state index in [1.54, 1.807) is 19.2 Å². The number of methoxy groups -OCH3 is 1. The first-order chi connectivity index (χ1) is 10.2. The molecule has 0 saturated heterocycles. The Bertz CT molecular complexity index is 566. The first-order valence-electron chi connectivity index (χ1n) is 6.81. The van der Waals surface area contributed by atoms with E-state index in [0.29, 0.717) is 6.54 Å². The second kappa shape index (κ2) is 7.45. The number of carbonyl (C=O) groups excluding carboxylic acids is 1. The van der Waals surface area contributed by atoms with E-state index in [9.17, 15) is 9.90 Å². The third-order valence-corrected chi connectivity index (χ3v) is 3.21. The molecule has 0 bridgehead atoms. The fraction of sp³-hybridized carbons (Fsp3) is 0.235. The Balaban J connectivity index is 1.81. The van der Waals surface area contributed by atoms with E-state index in [1.165, 1.54) is 0 Å². The van der Waals surface area contributed by atoms with E-state index >= 15 is 0 Å². The summed E-state index contributed by atoms with van der Waals surface area (Å²) in [5.74, 6) is 0.603. The number of aliphatic hydroxyl groups is 1. The zero-order valence-electron chi connectivity index (χ0n) is 12.0. The highest BCUT2D eigenvalue weighted by Crippen LogP contribution is 2.16. The summed E-state index contributed by atoms with van der Waals surface area (Å²) in [5.41, 5.74) is 1.73. The molecule has 0 heterocycles. The van der Waals surface area contributed by atoms with Crippen molar-refractivity contribution in [2.24, 2.45) is 0 Å². The summed E-state index contributed by atoms with van der Waals surface area (Å²) in [7, 11) is 1.61. The predicted molar refractivity (Wildman–Crippen MR) is 80.9 cm³/mol. The maximum atomic E-state index is 11.8. The van der Waals surface area contributed by atoms with Crippen molar-refractivity contribution in [2.45, 2.75) is 19.1 Å². The molecule has 0 aliphatic rings. The van der Waals surface area contributed by atoms with Crippen LogP contribution in [-0.2, 0) is 11.3 Å². The smallest absolute Gasteiger partial charge is 0.223 e. The van der Waals surface area contributed by atoms with Crippen LogP contribution in [0.2, 0.25) is 0 Å². The molecule has 0 radical (unpaired) electrons. The van der Waals surface area contributed by atoms with Crippen LogP contribution in [0.25, 0.3) is 0 Å². The van der Waals surface area contributed by atoms with Crippen LogP contribution in [-0.4, -0.2) is 18.1 Å². The van der Waals surface area contributed by atoms with Crippen molar-refractivity contribution in [3.63, 3.8) is 0 Å². The molecule has 1 amide bonds. The molecule has 1 atom stereocenters. The fourth-order valence-electron chi connectivity index (χ4n) is 1.98. The molecular weight excluding hydrogens is 266 g/mol. The highest BCUT2D eigenvalue weighted by atomic mass is 16.5. The molecule has 0 aromatic heterocycles. The van der Waals surface area contributed by atoms with Gasteiger partial charge in [-0.2, -0.15) is 0 Å². The van der Waals surface area contributed by atoms with Crippen LogP contribution in [0.4, 0.5) is 0 Å². The number of ether oxygens (including phenoxy) is 1. The second-order valence-corrected chi connectivity index (χ2v) is 4.76. The number of rotatable bonds is 6. The fourth-order valence-corrected chi connectivity index (χ4v) is 1.98. The lowest BCUT2D eigenvalue weighted by Crippen LogP contribution is -2.24. The Morgan fingerprint density at radius 2 is 1.81 bits per heavy atom. The average molecular weight is 285 g/mol. The summed E-state index contributed by atoms with van der Waals surface area (Å²) >= 11 is 0. The molecule has 110 valence electrons. The lowest BCUT2D eigenvalue weighted by Gasteiger charge is -2.11. The minimum absolute atomic E-state index is 0.0557. The maximum Gasteiger partial charge on any atom is 0.223 e. The summed E-state index contributed by atoms with van der Waals surface area (Å²) in [4.78, 5) is 11.8. The second-order valence-electron chi connectivity index (χ2n) is 4.76. The van der Waals surface area contributed by atoms with Gasteiger partial charge in [-0.25, -0.2) is 0 Å². The third-order valence-electron chi connectivity index (χ3n) is 3.21. The lowest BCUT2D eigenvalue weighted by molar-refractivity contribution is -0.123. The predicted octanol–water partition coefficient (Wildman–Crippen LogP) is 2.44. The van der Waals surface area contributed by atoms with E-state index in [2.05, 4.69) is 5.32 Å². The molecule has 2 aromatic rings. The average Bonchev–Trinajstić information content (AvgIpc) is 2.54. The van der Waals surface area contributed by atoms with Crippen molar-refractivity contribution in [1.29, 1.82) is 0 Å². The van der Waals surface area contributed by atoms with Gasteiger partial charge in [-0.05, 0) is 23.3 Å². The van der Waals surface area contributed by atoms with Crippen LogP contribution >= 0.6 is 0 Å². The quantitative estimate of drug-likeness (QED) is 0.857. The topological polar surface area (TPSA) is 58.6 Å². The molecule has 21 heavy (non-hydrogen) atoms. The number of nitrogens with one attached hydrogen (secondary N) is 1. The summed E-state index contributed by atoms with van der Waals surface area (Å²) < 4.78 is 5.08. The van der Waals surface area contributed by atoms with Crippen LogP contribution in [0.3, 0.4) is 0 Å². The number of hydrogen-bond donors (Lipinski definition) is 2. The molecular formula is C17H19NO3. The van der Waals surface area contributed by atoms with Crippen LogP contribution in [0.1, 0.15) is 23.7 Å². The van der Waals surface area contributed by atoms with Gasteiger partial charge in [0.15, 0.2) is 0 Å². The lowest BCUT2D eigenvalue weighted by atomic mass is 10.1. The molecule has 0 aliphatic carbocycles. The largest absolute Gasteiger partial charge is 0.497 e. The van der Waals surface area contributed by atoms with Gasteiger partial charge >= 0.3 is 0 Å². The molecule has 0 saturated carbocycles. The standard InChI is InChI=1S/C17H19NO3/c1-21-15-9-7-13(8-10-15)12-18-17(20)11-16(19)14-5-3-2-4-6-14/h2-10,16,19H,11-12H2,1H3,(H,18,20)/t16-/m0/s1. The molecule has 2 N–H and O–H groups in total. The van der Waals surface area contributed by atoms with Crippen molar-refractivity contribution < 1.29 is 14.6 Å². The first kappa shape index (κ1) is 15.1. The minimum Gasteiger partial charge on any atom is -0.497 e. The zero-order valence-corrected chi connectivity index (χ0v) is 12.0. The molecule has 2 rings (SSSR count). The van der Waals surface area contributed by atoms with E-state index < -0.39 is 6.10 Å². The van der Waals surface area contributed by atoms with E-state index in [1.807, 2.05) is 42.5 Å². The number of carbonyl (C=O) groups is 1. The first-order valence-corrected chi connectivity index (χ1v) is 6.81. The third kappa shape index (κ3) is 4.61. The maximum absolute atomic E-state index is 11.8. The minimum atomic E-state index is -0.776. The summed E-state index contributed by atoms with van der Waals surface area (Å²) in [5, 5.41) is 12.8. The summed E-state index contributed by atoms with van der Waals surface area (Å²) in [6, 6.07) is 16.7. The van der Waals surface area contributed by atoms with Crippen LogP contribution in [0.5, 0.6) is 5.75 Å². The molecule has 0 fully saturated rings. The van der Waals surface area contributed by atoms with Gasteiger partial charge in [-0.15, -0.1) is 0 Å². The Kier molecular flexibility index (Phi) is 5.35. The van der Waals surface area contributed by atoms with Crippen molar-refractivity contribution in [1.82, 2.24) is 5.32 Å². The zero-order chi connectivity index (χ0) is 15.1. The van der Waals surface area contributed by atoms with Crippen molar-refractivity contribution >= 4 is 5.91 Å². The van der Waals surface area contributed by atoms with Gasteiger partial charge in [-0.3, -0.25) is 4.79 Å². The Labute approximate surface area is 124 Å². The number of benzene rings is 2. The Morgan fingerprint density at radius 3 is 2.43 bits per heavy atom. The van der Waals surface area contributed by atoms with Gasteiger partial charge in [0.1, 0.15) is 5.75 Å². The molecule has 4 heteroatoms. The van der Waals surface area contributed by atoms with Gasteiger partial charge in [0.05, 0.1) is 19.6 Å². The Hall–Kier alpha value is -2.33. The molecule has 0 unspecified atom stereocenters. The van der Waals surface area contributed by atoms with E-state index in [0.717, 1.165) is 16.9 Å². The highest BCUT2D eigenvalue weighted by molar-refractivity contribution is 5.76. The van der Waals surface area contributed by atoms with Crippen molar-refractivity contribution in [2.75, 3.05) is 7.11 Å². The molecule has 0 aliphatic heterocycles. The normalized spacial score (nSPS) is 11.7. The van der Waals surface area contributed by atoms with E-state index in [-0.39, 0.29) is 12.3 Å². The number of aliphatic hydroxyl groups excluding tert-OH is 1. The summed E-state index contributed by atoms with van der Waals surface area (Å²) in [6.45, 7) is 0.435. The molecule has 0 spiro atoms. The van der Waals surface area contributed by atoms with Crippen LogP contribution in [0.15, 0.2) is 54.6 Å². The highest BCUT2D eigenvalue weighted by Gasteiger charge is 2.12. The van der Waals surface area contributed by atoms with Crippen molar-refractivity contribution in [3.8, 4) is 5.75 Å². The molecule has 4 nitrogen and oxygen atoms in total. The number of amides is 1. The van der Waals surface area contributed by atoms with Gasteiger partial charge in [0, 0.05) is 6.54 Å². The molecule has 2 aromatic carbocycles. The number of hydrogen-bond acceptors (Lipinski definition) is 3. The monoisotopic (exact) mass is 285 g/mol. The summed E-state index contributed by atoms with van der Waals surface area (Å²) in [6.07, 6.45) is -0.720.